The lowest BCUT2D eigenvalue weighted by Crippen LogP contribution is -2.37. The van der Waals surface area contributed by atoms with Gasteiger partial charge in [0, 0.05) is 37.8 Å². The van der Waals surface area contributed by atoms with Gasteiger partial charge in [0.05, 0.1) is 12.5 Å². The summed E-state index contributed by atoms with van der Waals surface area (Å²) in [6.07, 6.45) is 0.821. The van der Waals surface area contributed by atoms with Crippen LogP contribution in [0.2, 0.25) is 0 Å². The lowest BCUT2D eigenvalue weighted by Gasteiger charge is -2.17. The Labute approximate surface area is 178 Å². The van der Waals surface area contributed by atoms with Crippen LogP contribution in [0.5, 0.6) is 17.2 Å². The molecule has 8 heteroatoms. The maximum Gasteiger partial charge on any atom is 0.287 e. The van der Waals surface area contributed by atoms with Crippen LogP contribution in [0.1, 0.15) is 22.5 Å². The monoisotopic (exact) mass is 422 g/mol. The molecule has 1 fully saturated rings. The molecule has 1 N–H and O–H groups in total. The molecule has 3 aromatic rings. The van der Waals surface area contributed by atoms with Crippen molar-refractivity contribution in [1.82, 2.24) is 10.2 Å². The second-order valence-electron chi connectivity index (χ2n) is 7.72. The van der Waals surface area contributed by atoms with Crippen molar-refractivity contribution < 1.29 is 23.4 Å². The largest absolute Gasteiger partial charge is 0.497 e. The van der Waals surface area contributed by atoms with E-state index in [2.05, 4.69) is 10.2 Å². The SMILES string of the molecule is COc1ccc2c(=O)cc(C(=O)NC3CCN(Cc4ccc5c(c4)OCO5)C3)oc2c1. The summed E-state index contributed by atoms with van der Waals surface area (Å²) in [6, 6.07) is 12.1. The first-order valence-corrected chi connectivity index (χ1v) is 10.1. The molecule has 0 saturated carbocycles. The zero-order chi connectivity index (χ0) is 21.4. The van der Waals surface area contributed by atoms with Gasteiger partial charge in [-0.25, -0.2) is 0 Å². The summed E-state index contributed by atoms with van der Waals surface area (Å²) in [5, 5.41) is 3.39. The summed E-state index contributed by atoms with van der Waals surface area (Å²) in [5.41, 5.74) is 1.20. The Morgan fingerprint density at radius 2 is 2.03 bits per heavy atom. The molecule has 0 aliphatic carbocycles. The highest BCUT2D eigenvalue weighted by atomic mass is 16.7. The van der Waals surface area contributed by atoms with Crippen LogP contribution in [0.25, 0.3) is 11.0 Å². The van der Waals surface area contributed by atoms with Gasteiger partial charge < -0.3 is 23.9 Å². The number of hydrogen-bond donors (Lipinski definition) is 1. The van der Waals surface area contributed by atoms with Crippen LogP contribution in [0.3, 0.4) is 0 Å². The molecule has 1 amide bonds. The van der Waals surface area contributed by atoms with Crippen molar-refractivity contribution in [3.8, 4) is 17.2 Å². The van der Waals surface area contributed by atoms with Gasteiger partial charge in [0.15, 0.2) is 22.7 Å². The standard InChI is InChI=1S/C23H22N2O6/c1-28-16-3-4-17-18(26)10-22(31-20(17)9-16)23(27)24-15-6-7-25(12-15)11-14-2-5-19-21(8-14)30-13-29-19/h2-5,8-10,15H,6-7,11-13H2,1H3,(H,24,27). The van der Waals surface area contributed by atoms with Crippen LogP contribution in [-0.2, 0) is 6.54 Å². The molecule has 1 aromatic heterocycles. The number of nitrogens with zero attached hydrogens (tertiary/aromatic N) is 1. The normalized spacial score (nSPS) is 17.8. The molecule has 1 unspecified atom stereocenters. The number of ether oxygens (including phenoxy) is 3. The molecule has 2 aliphatic rings. The molecule has 0 radical (unpaired) electrons. The Morgan fingerprint density at radius 3 is 2.90 bits per heavy atom. The van der Waals surface area contributed by atoms with Crippen molar-refractivity contribution in [2.24, 2.45) is 0 Å². The zero-order valence-corrected chi connectivity index (χ0v) is 17.1. The van der Waals surface area contributed by atoms with Gasteiger partial charge in [-0.05, 0) is 36.2 Å². The van der Waals surface area contributed by atoms with Crippen molar-refractivity contribution in [1.29, 1.82) is 0 Å². The van der Waals surface area contributed by atoms with Crippen molar-refractivity contribution >= 4 is 16.9 Å². The minimum Gasteiger partial charge on any atom is -0.497 e. The van der Waals surface area contributed by atoms with Crippen LogP contribution in [-0.4, -0.2) is 43.8 Å². The van der Waals surface area contributed by atoms with Crippen LogP contribution in [0, 0.1) is 0 Å². The van der Waals surface area contributed by atoms with E-state index in [0.717, 1.165) is 36.6 Å². The second-order valence-corrected chi connectivity index (χ2v) is 7.72. The predicted molar refractivity (Wildman–Crippen MR) is 113 cm³/mol. The molecule has 2 aromatic carbocycles. The fourth-order valence-electron chi connectivity index (χ4n) is 4.02. The lowest BCUT2D eigenvalue weighted by molar-refractivity contribution is 0.0910. The van der Waals surface area contributed by atoms with Crippen molar-refractivity contribution in [3.05, 3.63) is 64.0 Å². The summed E-state index contributed by atoms with van der Waals surface area (Å²) >= 11 is 0. The first-order chi connectivity index (χ1) is 15.1. The van der Waals surface area contributed by atoms with Gasteiger partial charge in [-0.1, -0.05) is 6.07 Å². The van der Waals surface area contributed by atoms with Crippen molar-refractivity contribution in [2.45, 2.75) is 19.0 Å². The van der Waals surface area contributed by atoms with Crippen LogP contribution in [0.4, 0.5) is 0 Å². The van der Waals surface area contributed by atoms with E-state index >= 15 is 0 Å². The van der Waals surface area contributed by atoms with E-state index in [0.29, 0.717) is 23.3 Å². The van der Waals surface area contributed by atoms with Crippen molar-refractivity contribution in [2.75, 3.05) is 27.0 Å². The third kappa shape index (κ3) is 3.94. The summed E-state index contributed by atoms with van der Waals surface area (Å²) < 4.78 is 21.7. The number of rotatable bonds is 5. The molecule has 2 aliphatic heterocycles. The highest BCUT2D eigenvalue weighted by Crippen LogP contribution is 2.33. The molecular weight excluding hydrogens is 400 g/mol. The highest BCUT2D eigenvalue weighted by molar-refractivity contribution is 5.93. The molecule has 3 heterocycles. The Morgan fingerprint density at radius 1 is 1.16 bits per heavy atom. The van der Waals surface area contributed by atoms with Gasteiger partial charge in [-0.15, -0.1) is 0 Å². The second kappa shape index (κ2) is 7.96. The number of hydrogen-bond acceptors (Lipinski definition) is 7. The predicted octanol–water partition coefficient (Wildman–Crippen LogP) is 2.53. The molecule has 0 bridgehead atoms. The molecule has 1 saturated heterocycles. The smallest absolute Gasteiger partial charge is 0.287 e. The number of carbonyl (C=O) groups excluding carboxylic acids is 1. The fraction of sp³-hybridized carbons (Fsp3) is 0.304. The van der Waals surface area contributed by atoms with Gasteiger partial charge >= 0.3 is 0 Å². The first-order valence-electron chi connectivity index (χ1n) is 10.1. The minimum atomic E-state index is -0.392. The average Bonchev–Trinajstić information content (AvgIpc) is 3.42. The van der Waals surface area contributed by atoms with E-state index in [4.69, 9.17) is 18.6 Å². The van der Waals surface area contributed by atoms with E-state index in [1.165, 1.54) is 13.2 Å². The number of nitrogens with one attached hydrogen (secondary N) is 1. The molecule has 8 nitrogen and oxygen atoms in total. The van der Waals surface area contributed by atoms with Crippen molar-refractivity contribution in [3.63, 3.8) is 0 Å². The summed E-state index contributed by atoms with van der Waals surface area (Å²) in [7, 11) is 1.53. The summed E-state index contributed by atoms with van der Waals surface area (Å²) in [4.78, 5) is 27.4. The third-order valence-electron chi connectivity index (χ3n) is 5.61. The molecule has 31 heavy (non-hydrogen) atoms. The first kappa shape index (κ1) is 19.4. The van der Waals surface area contributed by atoms with Gasteiger partial charge in [-0.3, -0.25) is 14.5 Å². The number of carbonyl (C=O) groups is 1. The Balaban J connectivity index is 1.24. The molecular formula is C23H22N2O6. The Hall–Kier alpha value is -3.52. The lowest BCUT2D eigenvalue weighted by atomic mass is 10.2. The number of benzene rings is 2. The average molecular weight is 422 g/mol. The van der Waals surface area contributed by atoms with E-state index in [-0.39, 0.29) is 24.0 Å². The molecule has 5 rings (SSSR count). The van der Waals surface area contributed by atoms with Gasteiger partial charge in [-0.2, -0.15) is 0 Å². The topological polar surface area (TPSA) is 90.2 Å². The van der Waals surface area contributed by atoms with Crippen LogP contribution >= 0.6 is 0 Å². The van der Waals surface area contributed by atoms with E-state index in [1.54, 1.807) is 18.2 Å². The van der Waals surface area contributed by atoms with Gasteiger partial charge in [0.25, 0.3) is 5.91 Å². The minimum absolute atomic E-state index is 0.0000241. The van der Waals surface area contributed by atoms with Gasteiger partial charge in [0.2, 0.25) is 6.79 Å². The maximum absolute atomic E-state index is 12.7. The Kier molecular flexibility index (Phi) is 4.99. The molecule has 0 spiro atoms. The highest BCUT2D eigenvalue weighted by Gasteiger charge is 2.26. The van der Waals surface area contributed by atoms with Crippen LogP contribution < -0.4 is 25.0 Å². The number of likely N-dealkylation sites (tertiary alicyclic amines) is 1. The summed E-state index contributed by atoms with van der Waals surface area (Å²) in [6.45, 7) is 2.59. The van der Waals surface area contributed by atoms with Crippen LogP contribution in [0.15, 0.2) is 51.7 Å². The fourth-order valence-corrected chi connectivity index (χ4v) is 4.02. The zero-order valence-electron chi connectivity index (χ0n) is 17.1. The molecule has 160 valence electrons. The van der Waals surface area contributed by atoms with E-state index < -0.39 is 5.91 Å². The number of amides is 1. The third-order valence-corrected chi connectivity index (χ3v) is 5.61. The van der Waals surface area contributed by atoms with Gasteiger partial charge in [0.1, 0.15) is 11.3 Å². The number of fused-ring (bicyclic) bond motifs is 2. The quantitative estimate of drug-likeness (QED) is 0.676. The van der Waals surface area contributed by atoms with E-state index in [9.17, 15) is 9.59 Å². The number of methoxy groups -OCH3 is 1. The Bertz CT molecular complexity index is 1200. The molecule has 1 atom stereocenters. The van der Waals surface area contributed by atoms with E-state index in [1.807, 2.05) is 18.2 Å². The summed E-state index contributed by atoms with van der Waals surface area (Å²) in [5.74, 6) is 1.70. The maximum atomic E-state index is 12.7.